The Kier molecular flexibility index (Phi) is 4.06. The predicted octanol–water partition coefficient (Wildman–Crippen LogP) is 1.32. The van der Waals surface area contributed by atoms with Crippen LogP contribution < -0.4 is 11.3 Å². The first kappa shape index (κ1) is 13.4. The molecule has 5 nitrogen and oxygen atoms in total. The van der Waals surface area contributed by atoms with Gasteiger partial charge >= 0.3 is 0 Å². The van der Waals surface area contributed by atoms with Gasteiger partial charge in [0.15, 0.2) is 0 Å². The number of aromatic nitrogens is 2. The molecule has 5 heteroatoms. The van der Waals surface area contributed by atoms with E-state index in [4.69, 9.17) is 5.73 Å². The third-order valence-corrected chi connectivity index (χ3v) is 3.18. The lowest BCUT2D eigenvalue weighted by molar-refractivity contribution is 0.469. The van der Waals surface area contributed by atoms with Crippen LogP contribution in [-0.4, -0.2) is 21.4 Å². The minimum Gasteiger partial charge on any atom is -0.506 e. The van der Waals surface area contributed by atoms with Gasteiger partial charge in [-0.25, -0.2) is 4.68 Å². The molecule has 0 unspecified atom stereocenters. The maximum absolute atomic E-state index is 12.4. The van der Waals surface area contributed by atoms with Crippen LogP contribution in [0.1, 0.15) is 24.6 Å². The van der Waals surface area contributed by atoms with Crippen molar-refractivity contribution in [3.8, 4) is 11.4 Å². The quantitative estimate of drug-likeness (QED) is 0.759. The Bertz CT molecular complexity index is 613. The maximum atomic E-state index is 12.4. The summed E-state index contributed by atoms with van der Waals surface area (Å²) >= 11 is 0. The van der Waals surface area contributed by atoms with Gasteiger partial charge in [0.2, 0.25) is 0 Å². The molecule has 1 aromatic heterocycles. The lowest BCUT2D eigenvalue weighted by Crippen LogP contribution is -2.18. The van der Waals surface area contributed by atoms with Gasteiger partial charge in [0, 0.05) is 11.3 Å². The standard InChI is InChI=1S/C14H19N3O2/c1-2-11-10(6-5-9-15)14(19)17(16-11)12-7-3-4-8-13(12)18/h3-4,7-8,16,18H,2,5-6,9,15H2,1H3. The van der Waals surface area contributed by atoms with Crippen molar-refractivity contribution in [1.82, 2.24) is 9.78 Å². The molecule has 0 saturated heterocycles. The third-order valence-electron chi connectivity index (χ3n) is 3.18. The Morgan fingerprint density at radius 2 is 2.11 bits per heavy atom. The zero-order valence-corrected chi connectivity index (χ0v) is 11.0. The van der Waals surface area contributed by atoms with Gasteiger partial charge in [0.25, 0.3) is 5.56 Å². The van der Waals surface area contributed by atoms with Crippen LogP contribution in [0.15, 0.2) is 29.1 Å². The van der Waals surface area contributed by atoms with Gasteiger partial charge in [0.1, 0.15) is 11.4 Å². The number of aromatic hydroxyl groups is 1. The Hall–Kier alpha value is -2.01. The number of hydrogen-bond acceptors (Lipinski definition) is 3. The number of hydrogen-bond donors (Lipinski definition) is 3. The fraction of sp³-hybridized carbons (Fsp3) is 0.357. The van der Waals surface area contributed by atoms with E-state index < -0.39 is 0 Å². The molecule has 0 atom stereocenters. The number of aromatic amines is 1. The summed E-state index contributed by atoms with van der Waals surface area (Å²) in [4.78, 5) is 12.4. The van der Waals surface area contributed by atoms with Crippen LogP contribution in [0.2, 0.25) is 0 Å². The monoisotopic (exact) mass is 261 g/mol. The first-order valence-electron chi connectivity index (χ1n) is 6.50. The third kappa shape index (κ3) is 2.56. The van der Waals surface area contributed by atoms with Crippen molar-refractivity contribution in [1.29, 1.82) is 0 Å². The Morgan fingerprint density at radius 3 is 2.74 bits per heavy atom. The van der Waals surface area contributed by atoms with Crippen molar-refractivity contribution >= 4 is 0 Å². The maximum Gasteiger partial charge on any atom is 0.274 e. The van der Waals surface area contributed by atoms with E-state index in [-0.39, 0.29) is 11.3 Å². The number of H-pyrrole nitrogens is 1. The molecule has 0 aliphatic rings. The number of nitrogens with one attached hydrogen (secondary N) is 1. The van der Waals surface area contributed by atoms with Gasteiger partial charge < -0.3 is 10.8 Å². The minimum atomic E-state index is -0.105. The van der Waals surface area contributed by atoms with Gasteiger partial charge in [-0.05, 0) is 37.9 Å². The van der Waals surface area contributed by atoms with E-state index in [1.54, 1.807) is 24.3 Å². The largest absolute Gasteiger partial charge is 0.506 e. The molecule has 2 aromatic rings. The van der Waals surface area contributed by atoms with E-state index in [1.165, 1.54) is 4.68 Å². The van der Waals surface area contributed by atoms with Gasteiger partial charge in [-0.3, -0.25) is 9.89 Å². The van der Waals surface area contributed by atoms with E-state index in [1.807, 2.05) is 6.92 Å². The normalized spacial score (nSPS) is 10.8. The number of nitrogens with two attached hydrogens (primary N) is 1. The topological polar surface area (TPSA) is 84.0 Å². The zero-order chi connectivity index (χ0) is 13.8. The Balaban J connectivity index is 2.51. The molecule has 0 aliphatic heterocycles. The van der Waals surface area contributed by atoms with Crippen LogP contribution in [-0.2, 0) is 12.8 Å². The number of nitrogens with zero attached hydrogens (tertiary/aromatic N) is 1. The minimum absolute atomic E-state index is 0.0823. The van der Waals surface area contributed by atoms with E-state index in [0.717, 1.165) is 24.1 Å². The summed E-state index contributed by atoms with van der Waals surface area (Å²) in [5.41, 5.74) is 7.53. The molecular weight excluding hydrogens is 242 g/mol. The lowest BCUT2D eigenvalue weighted by Gasteiger charge is -2.03. The zero-order valence-electron chi connectivity index (χ0n) is 11.0. The van der Waals surface area contributed by atoms with E-state index in [2.05, 4.69) is 5.10 Å². The van der Waals surface area contributed by atoms with E-state index in [9.17, 15) is 9.90 Å². The lowest BCUT2D eigenvalue weighted by atomic mass is 10.1. The summed E-state index contributed by atoms with van der Waals surface area (Å²) in [5, 5.41) is 12.9. The molecule has 0 aliphatic carbocycles. The average molecular weight is 261 g/mol. The van der Waals surface area contributed by atoms with Crippen LogP contribution in [0.3, 0.4) is 0 Å². The predicted molar refractivity (Wildman–Crippen MR) is 74.8 cm³/mol. The fourth-order valence-corrected chi connectivity index (χ4v) is 2.17. The SMILES string of the molecule is CCc1[nH]n(-c2ccccc2O)c(=O)c1CCCN. The highest BCUT2D eigenvalue weighted by molar-refractivity contribution is 5.45. The van der Waals surface area contributed by atoms with Gasteiger partial charge in [-0.1, -0.05) is 19.1 Å². The van der Waals surface area contributed by atoms with Crippen LogP contribution in [0.5, 0.6) is 5.75 Å². The number of rotatable bonds is 5. The van der Waals surface area contributed by atoms with E-state index in [0.29, 0.717) is 18.7 Å². The Morgan fingerprint density at radius 1 is 1.37 bits per heavy atom. The molecular formula is C14H19N3O2. The first-order chi connectivity index (χ1) is 9.19. The molecule has 102 valence electrons. The molecule has 0 spiro atoms. The van der Waals surface area contributed by atoms with Crippen molar-refractivity contribution in [3.05, 3.63) is 45.9 Å². The number of benzene rings is 1. The molecule has 0 amide bonds. The van der Waals surface area contributed by atoms with Gasteiger partial charge in [-0.15, -0.1) is 0 Å². The van der Waals surface area contributed by atoms with Gasteiger partial charge in [0.05, 0.1) is 0 Å². The molecule has 0 bridgehead atoms. The number of phenols is 1. The second-order valence-corrected chi connectivity index (χ2v) is 4.44. The highest BCUT2D eigenvalue weighted by Gasteiger charge is 2.15. The van der Waals surface area contributed by atoms with Crippen molar-refractivity contribution in [2.75, 3.05) is 6.54 Å². The average Bonchev–Trinajstić information content (AvgIpc) is 2.73. The van der Waals surface area contributed by atoms with E-state index >= 15 is 0 Å². The summed E-state index contributed by atoms with van der Waals surface area (Å²) in [7, 11) is 0. The second kappa shape index (κ2) is 5.75. The summed E-state index contributed by atoms with van der Waals surface area (Å²) in [6.07, 6.45) is 2.19. The van der Waals surface area contributed by atoms with Crippen LogP contribution >= 0.6 is 0 Å². The van der Waals surface area contributed by atoms with Gasteiger partial charge in [-0.2, -0.15) is 0 Å². The highest BCUT2D eigenvalue weighted by Crippen LogP contribution is 2.19. The summed E-state index contributed by atoms with van der Waals surface area (Å²) < 4.78 is 1.40. The number of aryl methyl sites for hydroxylation is 1. The molecule has 1 aromatic carbocycles. The number of para-hydroxylation sites is 2. The molecule has 0 fully saturated rings. The van der Waals surface area contributed by atoms with Crippen molar-refractivity contribution in [2.24, 2.45) is 5.73 Å². The fourth-order valence-electron chi connectivity index (χ4n) is 2.17. The van der Waals surface area contributed by atoms with Crippen LogP contribution in [0.4, 0.5) is 0 Å². The molecule has 19 heavy (non-hydrogen) atoms. The smallest absolute Gasteiger partial charge is 0.274 e. The molecule has 0 saturated carbocycles. The molecule has 0 radical (unpaired) electrons. The molecule has 4 N–H and O–H groups in total. The second-order valence-electron chi connectivity index (χ2n) is 4.44. The summed E-state index contributed by atoms with van der Waals surface area (Å²) in [6, 6.07) is 6.78. The first-order valence-corrected chi connectivity index (χ1v) is 6.50. The van der Waals surface area contributed by atoms with Crippen molar-refractivity contribution in [2.45, 2.75) is 26.2 Å². The summed E-state index contributed by atoms with van der Waals surface area (Å²) in [6.45, 7) is 2.55. The number of phenolic OH excluding ortho intramolecular Hbond substituents is 1. The highest BCUT2D eigenvalue weighted by atomic mass is 16.3. The van der Waals surface area contributed by atoms with Crippen molar-refractivity contribution in [3.63, 3.8) is 0 Å². The summed E-state index contributed by atoms with van der Waals surface area (Å²) in [5.74, 6) is 0.0823. The molecule has 2 rings (SSSR count). The van der Waals surface area contributed by atoms with Crippen molar-refractivity contribution < 1.29 is 5.11 Å². The molecule has 1 heterocycles. The van der Waals surface area contributed by atoms with Crippen LogP contribution in [0, 0.1) is 0 Å². The van der Waals surface area contributed by atoms with Crippen LogP contribution in [0.25, 0.3) is 5.69 Å². The Labute approximate surface area is 111 Å².